The average molecular weight is 492 g/mol. The van der Waals surface area contributed by atoms with Crippen molar-refractivity contribution in [2.75, 3.05) is 4.90 Å². The fourth-order valence-corrected chi connectivity index (χ4v) is 5.45. The molecule has 3 heterocycles. The second-order valence-corrected chi connectivity index (χ2v) is 9.54. The zero-order chi connectivity index (χ0) is 23.7. The van der Waals surface area contributed by atoms with Gasteiger partial charge in [-0.05, 0) is 35.4 Å². The number of phenols is 1. The average Bonchev–Trinajstić information content (AvgIpc) is 3.60. The van der Waals surface area contributed by atoms with E-state index in [-0.39, 0.29) is 22.2 Å². The number of phenolic OH excluding ortho intramolecular Hbond substituents is 1. The second-order valence-electron chi connectivity index (χ2n) is 7.36. The molecule has 34 heavy (non-hydrogen) atoms. The summed E-state index contributed by atoms with van der Waals surface area (Å²) >= 11 is 2.67. The van der Waals surface area contributed by atoms with Gasteiger partial charge < -0.3 is 14.6 Å². The van der Waals surface area contributed by atoms with Gasteiger partial charge in [0.05, 0.1) is 17.9 Å². The number of thioether (sulfide) groups is 1. The number of Topliss-reactive ketones (excluding diaryl/α,β-unsaturated/α-hetero) is 1. The molecule has 1 aliphatic heterocycles. The quantitative estimate of drug-likeness (QED) is 0.213. The van der Waals surface area contributed by atoms with Crippen molar-refractivity contribution in [2.24, 2.45) is 0 Å². The van der Waals surface area contributed by atoms with E-state index in [1.165, 1.54) is 52.5 Å². The lowest BCUT2D eigenvalue weighted by Crippen LogP contribution is -2.31. The molecular formula is C24H17N3O5S2. The number of aliphatic hydroxyl groups is 1. The van der Waals surface area contributed by atoms with Gasteiger partial charge in [-0.3, -0.25) is 14.5 Å². The van der Waals surface area contributed by atoms with Crippen LogP contribution in [0.3, 0.4) is 0 Å². The summed E-state index contributed by atoms with van der Waals surface area (Å²) in [4.78, 5) is 27.6. The van der Waals surface area contributed by atoms with Crippen molar-refractivity contribution in [3.05, 3.63) is 101 Å². The third kappa shape index (κ3) is 4.09. The number of rotatable bonds is 7. The van der Waals surface area contributed by atoms with Gasteiger partial charge >= 0.3 is 0 Å². The number of carbonyl (C=O) groups is 2. The molecule has 0 saturated heterocycles. The lowest BCUT2D eigenvalue weighted by atomic mass is 9.95. The number of aromatic hydroxyl groups is 1. The first-order valence-corrected chi connectivity index (χ1v) is 12.0. The molecule has 0 fully saturated rings. The van der Waals surface area contributed by atoms with E-state index >= 15 is 0 Å². The monoisotopic (exact) mass is 491 g/mol. The third-order valence-corrected chi connectivity index (χ3v) is 7.34. The zero-order valence-corrected chi connectivity index (χ0v) is 19.1. The number of aliphatic hydroxyl groups excluding tert-OH is 1. The van der Waals surface area contributed by atoms with Crippen LogP contribution in [0, 0.1) is 0 Å². The van der Waals surface area contributed by atoms with Crippen molar-refractivity contribution in [1.29, 1.82) is 0 Å². The molecule has 0 unspecified atom stereocenters. The Hall–Kier alpha value is -3.89. The fraction of sp³-hybridized carbons (Fsp3) is 0.0833. The first-order chi connectivity index (χ1) is 16.5. The minimum absolute atomic E-state index is 0.00338. The number of amides is 1. The molecule has 0 saturated carbocycles. The molecule has 5 rings (SSSR count). The summed E-state index contributed by atoms with van der Waals surface area (Å²) in [5.74, 6) is -1.34. The summed E-state index contributed by atoms with van der Waals surface area (Å²) < 4.78 is 5.86. The molecule has 2 aromatic carbocycles. The van der Waals surface area contributed by atoms with Gasteiger partial charge in [0.15, 0.2) is 15.9 Å². The van der Waals surface area contributed by atoms with Crippen LogP contribution in [-0.4, -0.2) is 32.1 Å². The molecule has 1 amide bonds. The van der Waals surface area contributed by atoms with Crippen molar-refractivity contribution in [3.8, 4) is 5.75 Å². The first kappa shape index (κ1) is 21.9. The van der Waals surface area contributed by atoms with Crippen molar-refractivity contribution in [2.45, 2.75) is 16.1 Å². The highest BCUT2D eigenvalue weighted by Crippen LogP contribution is 2.44. The normalized spacial score (nSPS) is 15.8. The lowest BCUT2D eigenvalue weighted by Gasteiger charge is -2.23. The predicted octanol–water partition coefficient (Wildman–Crippen LogP) is 4.91. The summed E-state index contributed by atoms with van der Waals surface area (Å²) in [5.41, 5.74) is 1.51. The number of carbonyl (C=O) groups excluding carboxylic acids is 2. The second kappa shape index (κ2) is 9.16. The Labute approximate surface area is 202 Å². The molecule has 2 N–H and O–H groups in total. The molecule has 0 spiro atoms. The van der Waals surface area contributed by atoms with E-state index in [2.05, 4.69) is 10.2 Å². The highest BCUT2D eigenvalue weighted by Gasteiger charge is 2.46. The molecule has 1 aliphatic rings. The summed E-state index contributed by atoms with van der Waals surface area (Å²) in [6.07, 6.45) is 1.34. The maximum atomic E-state index is 13.2. The van der Waals surface area contributed by atoms with Gasteiger partial charge in [0.25, 0.3) is 5.91 Å². The van der Waals surface area contributed by atoms with Crippen LogP contribution in [-0.2, 0) is 10.5 Å². The highest BCUT2D eigenvalue weighted by molar-refractivity contribution is 8.00. The van der Waals surface area contributed by atoms with Crippen LogP contribution in [0.5, 0.6) is 5.75 Å². The Balaban J connectivity index is 1.50. The van der Waals surface area contributed by atoms with Crippen LogP contribution < -0.4 is 4.90 Å². The molecule has 170 valence electrons. The molecular weight excluding hydrogens is 474 g/mol. The summed E-state index contributed by atoms with van der Waals surface area (Å²) in [6, 6.07) is 18.0. The Kier molecular flexibility index (Phi) is 5.91. The summed E-state index contributed by atoms with van der Waals surface area (Å²) in [5, 5.41) is 29.1. The van der Waals surface area contributed by atoms with Crippen LogP contribution in [0.1, 0.15) is 27.7 Å². The van der Waals surface area contributed by atoms with Crippen molar-refractivity contribution in [1.82, 2.24) is 10.2 Å². The van der Waals surface area contributed by atoms with Gasteiger partial charge in [0, 0.05) is 5.75 Å². The SMILES string of the molecule is O=C(C1=C(O)C(=O)N(c2nnc(SCc3ccccc3)s2)[C@H]1c1ccc(O)cc1)c1ccco1. The minimum atomic E-state index is -0.967. The molecule has 0 bridgehead atoms. The van der Waals surface area contributed by atoms with Crippen LogP contribution >= 0.6 is 23.1 Å². The van der Waals surface area contributed by atoms with Gasteiger partial charge in [-0.25, -0.2) is 0 Å². The zero-order valence-electron chi connectivity index (χ0n) is 17.5. The smallest absolute Gasteiger partial charge is 0.296 e. The molecule has 0 radical (unpaired) electrons. The van der Waals surface area contributed by atoms with Crippen molar-refractivity contribution < 1.29 is 24.2 Å². The summed E-state index contributed by atoms with van der Waals surface area (Å²) in [6.45, 7) is 0. The maximum Gasteiger partial charge on any atom is 0.296 e. The van der Waals surface area contributed by atoms with E-state index < -0.39 is 23.5 Å². The van der Waals surface area contributed by atoms with Crippen LogP contribution in [0.2, 0.25) is 0 Å². The van der Waals surface area contributed by atoms with Crippen LogP contribution in [0.25, 0.3) is 0 Å². The van der Waals surface area contributed by atoms with E-state index in [1.807, 2.05) is 30.3 Å². The Morgan fingerprint density at radius 2 is 1.79 bits per heavy atom. The molecule has 8 nitrogen and oxygen atoms in total. The first-order valence-electron chi connectivity index (χ1n) is 10.2. The van der Waals surface area contributed by atoms with Gasteiger partial charge in [-0.2, -0.15) is 0 Å². The van der Waals surface area contributed by atoms with Gasteiger partial charge in [0.2, 0.25) is 10.9 Å². The molecule has 10 heteroatoms. The molecule has 1 atom stereocenters. The van der Waals surface area contributed by atoms with Crippen LogP contribution in [0.4, 0.5) is 5.13 Å². The van der Waals surface area contributed by atoms with E-state index in [1.54, 1.807) is 18.2 Å². The maximum absolute atomic E-state index is 13.2. The topological polar surface area (TPSA) is 117 Å². The number of hydrogen-bond acceptors (Lipinski definition) is 9. The molecule has 4 aromatic rings. The third-order valence-electron chi connectivity index (χ3n) is 5.21. The lowest BCUT2D eigenvalue weighted by molar-refractivity contribution is -0.117. The molecule has 0 aliphatic carbocycles. The Morgan fingerprint density at radius 1 is 1.03 bits per heavy atom. The molecule has 2 aromatic heterocycles. The summed E-state index contributed by atoms with van der Waals surface area (Å²) in [7, 11) is 0. The number of hydrogen-bond donors (Lipinski definition) is 2. The van der Waals surface area contributed by atoms with Gasteiger partial charge in [-0.15, -0.1) is 10.2 Å². The van der Waals surface area contributed by atoms with Crippen LogP contribution in [0.15, 0.2) is 93.1 Å². The number of furan rings is 1. The van der Waals surface area contributed by atoms with E-state index in [9.17, 15) is 19.8 Å². The Bertz CT molecular complexity index is 1370. The van der Waals surface area contributed by atoms with Crippen molar-refractivity contribution >= 4 is 39.9 Å². The van der Waals surface area contributed by atoms with E-state index in [0.29, 0.717) is 15.7 Å². The highest BCUT2D eigenvalue weighted by atomic mass is 32.2. The van der Waals surface area contributed by atoms with Crippen molar-refractivity contribution in [3.63, 3.8) is 0 Å². The van der Waals surface area contributed by atoms with E-state index in [0.717, 1.165) is 5.56 Å². The number of anilines is 1. The minimum Gasteiger partial charge on any atom is -0.508 e. The fourth-order valence-electron chi connectivity index (χ4n) is 3.62. The number of aromatic nitrogens is 2. The van der Waals surface area contributed by atoms with E-state index in [4.69, 9.17) is 4.42 Å². The Morgan fingerprint density at radius 3 is 2.50 bits per heavy atom. The largest absolute Gasteiger partial charge is 0.508 e. The standard InChI is InChI=1S/C24H17N3O5S2/c28-16-10-8-15(9-11-16)19-18(20(29)17-7-4-12-32-17)21(30)22(31)27(19)23-25-26-24(34-23)33-13-14-5-2-1-3-6-14/h1-12,19,28,30H,13H2/t19-/m0/s1. The van der Waals surface area contributed by atoms with Gasteiger partial charge in [0.1, 0.15) is 5.75 Å². The number of ketones is 1. The number of benzene rings is 2. The van der Waals surface area contributed by atoms with Gasteiger partial charge in [-0.1, -0.05) is 65.6 Å². The predicted molar refractivity (Wildman–Crippen MR) is 127 cm³/mol. The number of nitrogens with zero attached hydrogens (tertiary/aromatic N) is 3.